The topological polar surface area (TPSA) is 81.2 Å². The molecule has 6 nitrogen and oxygen atoms in total. The molecule has 0 atom stereocenters. The third kappa shape index (κ3) is 2.80. The summed E-state index contributed by atoms with van der Waals surface area (Å²) in [7, 11) is 0. The SMILES string of the molecule is Cc1noc2nc(-c3ccco3)cc(C(=O)NC3CCSCC3)c12. The summed E-state index contributed by atoms with van der Waals surface area (Å²) in [6.45, 7) is 1.81. The number of pyridine rings is 1. The van der Waals surface area contributed by atoms with Crippen LogP contribution in [0.15, 0.2) is 33.4 Å². The van der Waals surface area contributed by atoms with Crippen molar-refractivity contribution in [2.45, 2.75) is 25.8 Å². The molecule has 0 bridgehead atoms. The first kappa shape index (κ1) is 15.3. The van der Waals surface area contributed by atoms with Crippen LogP contribution >= 0.6 is 11.8 Å². The number of hydrogen-bond donors (Lipinski definition) is 1. The van der Waals surface area contributed by atoms with Crippen LogP contribution in [-0.4, -0.2) is 33.6 Å². The highest BCUT2D eigenvalue weighted by atomic mass is 32.2. The van der Waals surface area contributed by atoms with Gasteiger partial charge in [-0.25, -0.2) is 4.98 Å². The van der Waals surface area contributed by atoms with Crippen LogP contribution in [0.25, 0.3) is 22.6 Å². The Morgan fingerprint density at radius 2 is 2.21 bits per heavy atom. The van der Waals surface area contributed by atoms with E-state index >= 15 is 0 Å². The first-order chi connectivity index (χ1) is 11.7. The molecule has 24 heavy (non-hydrogen) atoms. The van der Waals surface area contributed by atoms with Gasteiger partial charge in [-0.3, -0.25) is 4.79 Å². The molecule has 1 saturated heterocycles. The Labute approximate surface area is 143 Å². The van der Waals surface area contributed by atoms with Gasteiger partial charge in [0.25, 0.3) is 11.6 Å². The largest absolute Gasteiger partial charge is 0.463 e. The standard InChI is InChI=1S/C17H17N3O3S/c1-10-15-12(16(21)18-11-4-7-24-8-5-11)9-13(14-3-2-6-22-14)19-17(15)23-20-10/h2-3,6,9,11H,4-5,7-8H2,1H3,(H,18,21). The first-order valence-corrected chi connectivity index (χ1v) is 9.07. The summed E-state index contributed by atoms with van der Waals surface area (Å²) in [6.07, 6.45) is 3.57. The van der Waals surface area contributed by atoms with Gasteiger partial charge in [0.15, 0.2) is 5.76 Å². The fraction of sp³-hybridized carbons (Fsp3) is 0.353. The quantitative estimate of drug-likeness (QED) is 0.785. The number of nitrogens with zero attached hydrogens (tertiary/aromatic N) is 2. The van der Waals surface area contributed by atoms with Crippen molar-refractivity contribution in [3.63, 3.8) is 0 Å². The van der Waals surface area contributed by atoms with Gasteiger partial charge in [0.1, 0.15) is 5.69 Å². The summed E-state index contributed by atoms with van der Waals surface area (Å²) < 4.78 is 10.7. The van der Waals surface area contributed by atoms with Gasteiger partial charge in [0.05, 0.1) is 22.9 Å². The molecule has 3 aromatic rings. The van der Waals surface area contributed by atoms with E-state index in [-0.39, 0.29) is 11.9 Å². The number of furan rings is 1. The Morgan fingerprint density at radius 1 is 1.38 bits per heavy atom. The van der Waals surface area contributed by atoms with Gasteiger partial charge in [0, 0.05) is 6.04 Å². The van der Waals surface area contributed by atoms with Gasteiger partial charge < -0.3 is 14.3 Å². The summed E-state index contributed by atoms with van der Waals surface area (Å²) in [5.74, 6) is 2.65. The summed E-state index contributed by atoms with van der Waals surface area (Å²) in [6, 6.07) is 5.55. The van der Waals surface area contributed by atoms with Crippen LogP contribution in [0, 0.1) is 6.92 Å². The first-order valence-electron chi connectivity index (χ1n) is 7.92. The van der Waals surface area contributed by atoms with Gasteiger partial charge in [-0.15, -0.1) is 0 Å². The van der Waals surface area contributed by atoms with Crippen molar-refractivity contribution in [1.29, 1.82) is 0 Å². The number of amides is 1. The van der Waals surface area contributed by atoms with Crippen molar-refractivity contribution in [2.75, 3.05) is 11.5 Å². The van der Waals surface area contributed by atoms with E-state index in [0.29, 0.717) is 33.8 Å². The number of fused-ring (bicyclic) bond motifs is 1. The van der Waals surface area contributed by atoms with Crippen LogP contribution in [-0.2, 0) is 0 Å². The van der Waals surface area contributed by atoms with E-state index < -0.39 is 0 Å². The zero-order valence-electron chi connectivity index (χ0n) is 13.2. The Morgan fingerprint density at radius 3 is 2.96 bits per heavy atom. The summed E-state index contributed by atoms with van der Waals surface area (Å²) in [5, 5.41) is 7.75. The Bertz CT molecular complexity index is 867. The van der Waals surface area contributed by atoms with Gasteiger partial charge in [-0.05, 0) is 49.5 Å². The molecule has 0 radical (unpaired) electrons. The molecule has 4 heterocycles. The molecule has 0 aliphatic carbocycles. The number of carbonyl (C=O) groups is 1. The van der Waals surface area contributed by atoms with Crippen LogP contribution in [0.5, 0.6) is 0 Å². The summed E-state index contributed by atoms with van der Waals surface area (Å²) in [5.41, 5.74) is 2.11. The average molecular weight is 343 g/mol. The molecular formula is C17H17N3O3S. The van der Waals surface area contributed by atoms with E-state index in [4.69, 9.17) is 8.94 Å². The third-order valence-corrected chi connectivity index (χ3v) is 5.24. The number of aryl methyl sites for hydroxylation is 1. The molecule has 1 N–H and O–H groups in total. The van der Waals surface area contributed by atoms with E-state index in [2.05, 4.69) is 15.5 Å². The number of thioether (sulfide) groups is 1. The number of carbonyl (C=O) groups excluding carboxylic acids is 1. The normalized spacial score (nSPS) is 15.7. The van der Waals surface area contributed by atoms with Crippen molar-refractivity contribution in [2.24, 2.45) is 0 Å². The number of rotatable bonds is 3. The van der Waals surface area contributed by atoms with Gasteiger partial charge >= 0.3 is 0 Å². The molecule has 0 unspecified atom stereocenters. The minimum atomic E-state index is -0.113. The third-order valence-electron chi connectivity index (χ3n) is 4.19. The zero-order chi connectivity index (χ0) is 16.5. The van der Waals surface area contributed by atoms with Crippen molar-refractivity contribution >= 4 is 28.8 Å². The zero-order valence-corrected chi connectivity index (χ0v) is 14.1. The second-order valence-electron chi connectivity index (χ2n) is 5.84. The van der Waals surface area contributed by atoms with Gasteiger partial charge in [-0.1, -0.05) is 5.16 Å². The van der Waals surface area contributed by atoms with Crippen molar-refractivity contribution in [3.05, 3.63) is 35.7 Å². The van der Waals surface area contributed by atoms with Crippen LogP contribution in [0.1, 0.15) is 28.9 Å². The van der Waals surface area contributed by atoms with E-state index in [9.17, 15) is 4.79 Å². The van der Waals surface area contributed by atoms with Crippen LogP contribution in [0.2, 0.25) is 0 Å². The minimum absolute atomic E-state index is 0.113. The Balaban J connectivity index is 1.74. The molecular weight excluding hydrogens is 326 g/mol. The van der Waals surface area contributed by atoms with Gasteiger partial charge in [0.2, 0.25) is 0 Å². The Kier molecular flexibility index (Phi) is 4.02. The molecule has 1 amide bonds. The molecule has 0 spiro atoms. The van der Waals surface area contributed by atoms with Crippen LogP contribution in [0.4, 0.5) is 0 Å². The van der Waals surface area contributed by atoms with Crippen molar-refractivity contribution < 1.29 is 13.7 Å². The molecule has 124 valence electrons. The fourth-order valence-electron chi connectivity index (χ4n) is 2.93. The van der Waals surface area contributed by atoms with E-state index in [0.717, 1.165) is 24.3 Å². The number of aromatic nitrogens is 2. The average Bonchev–Trinajstić information content (AvgIpc) is 3.25. The molecule has 4 rings (SSSR count). The predicted octanol–water partition coefficient (Wildman–Crippen LogP) is 3.42. The van der Waals surface area contributed by atoms with Crippen LogP contribution < -0.4 is 5.32 Å². The molecule has 3 aromatic heterocycles. The molecule has 7 heteroatoms. The summed E-state index contributed by atoms with van der Waals surface area (Å²) in [4.78, 5) is 17.3. The lowest BCUT2D eigenvalue weighted by atomic mass is 10.1. The molecule has 1 aliphatic heterocycles. The summed E-state index contributed by atoms with van der Waals surface area (Å²) >= 11 is 1.93. The smallest absolute Gasteiger partial charge is 0.259 e. The second kappa shape index (κ2) is 6.32. The number of hydrogen-bond acceptors (Lipinski definition) is 6. The monoisotopic (exact) mass is 343 g/mol. The maximum Gasteiger partial charge on any atom is 0.259 e. The lowest BCUT2D eigenvalue weighted by Gasteiger charge is -2.22. The second-order valence-corrected chi connectivity index (χ2v) is 7.07. The Hall–Kier alpha value is -2.28. The van der Waals surface area contributed by atoms with E-state index in [1.54, 1.807) is 24.5 Å². The molecule has 1 aliphatic rings. The van der Waals surface area contributed by atoms with E-state index in [1.165, 1.54) is 0 Å². The maximum absolute atomic E-state index is 12.9. The molecule has 0 aromatic carbocycles. The fourth-order valence-corrected chi connectivity index (χ4v) is 4.04. The highest BCUT2D eigenvalue weighted by Gasteiger charge is 2.23. The highest BCUT2D eigenvalue weighted by Crippen LogP contribution is 2.27. The predicted molar refractivity (Wildman–Crippen MR) is 92.1 cm³/mol. The highest BCUT2D eigenvalue weighted by molar-refractivity contribution is 7.99. The van der Waals surface area contributed by atoms with E-state index in [1.807, 2.05) is 18.7 Å². The maximum atomic E-state index is 12.9. The van der Waals surface area contributed by atoms with Gasteiger partial charge in [-0.2, -0.15) is 11.8 Å². The minimum Gasteiger partial charge on any atom is -0.463 e. The van der Waals surface area contributed by atoms with Crippen LogP contribution in [0.3, 0.4) is 0 Å². The number of nitrogens with one attached hydrogen (secondary N) is 1. The molecule has 0 saturated carbocycles. The van der Waals surface area contributed by atoms with Crippen molar-refractivity contribution in [3.8, 4) is 11.5 Å². The van der Waals surface area contributed by atoms with Crippen molar-refractivity contribution in [1.82, 2.24) is 15.5 Å². The lowest BCUT2D eigenvalue weighted by Crippen LogP contribution is -2.37. The lowest BCUT2D eigenvalue weighted by molar-refractivity contribution is 0.0936. The molecule has 1 fully saturated rings.